The van der Waals surface area contributed by atoms with Crippen molar-refractivity contribution in [3.05, 3.63) is 0 Å². The van der Waals surface area contributed by atoms with Gasteiger partial charge in [0.05, 0.1) is 6.61 Å². The molecule has 138 valence electrons. The first-order chi connectivity index (χ1) is 10.9. The fraction of sp³-hybridized carbons (Fsp3) is 0.882. The highest BCUT2D eigenvalue weighted by Gasteiger charge is 2.02. The van der Waals surface area contributed by atoms with E-state index in [1.165, 1.54) is 51.9 Å². The summed E-state index contributed by atoms with van der Waals surface area (Å²) < 4.78 is 4.35. The minimum Gasteiger partial charge on any atom is -0.481 e. The van der Waals surface area contributed by atoms with Gasteiger partial charge in [-0.25, -0.2) is 0 Å². The van der Waals surface area contributed by atoms with Crippen molar-refractivity contribution < 1.29 is 29.6 Å². The van der Waals surface area contributed by atoms with Crippen molar-refractivity contribution >= 4 is 11.9 Å². The number of aliphatic hydroxyl groups excluding tert-OH is 2. The van der Waals surface area contributed by atoms with Crippen molar-refractivity contribution in [1.29, 1.82) is 0 Å². The molecule has 0 spiro atoms. The third-order valence-electron chi connectivity index (χ3n) is 3.18. The number of hydrogen-bond acceptors (Lipinski definition) is 5. The van der Waals surface area contributed by atoms with E-state index in [4.69, 9.17) is 15.3 Å². The monoisotopic (exact) mass is 334 g/mol. The maximum Gasteiger partial charge on any atom is 0.303 e. The van der Waals surface area contributed by atoms with Crippen molar-refractivity contribution in [2.24, 2.45) is 0 Å². The van der Waals surface area contributed by atoms with Gasteiger partial charge in [-0.1, -0.05) is 58.3 Å². The molecule has 0 aromatic carbocycles. The number of aliphatic hydroxyl groups is 2. The number of esters is 1. The van der Waals surface area contributed by atoms with E-state index in [0.717, 1.165) is 12.8 Å². The first-order valence-electron chi connectivity index (χ1n) is 8.58. The number of carboxylic acids is 1. The second-order valence-corrected chi connectivity index (χ2v) is 5.61. The smallest absolute Gasteiger partial charge is 0.303 e. The van der Waals surface area contributed by atoms with Crippen LogP contribution < -0.4 is 0 Å². The molecule has 6 heteroatoms. The summed E-state index contributed by atoms with van der Waals surface area (Å²) in [6.45, 7) is 2.95. The number of carbonyl (C=O) groups is 2. The Hall–Kier alpha value is -1.14. The van der Waals surface area contributed by atoms with Gasteiger partial charge in [-0.05, 0) is 6.42 Å². The number of ether oxygens (including phenoxy) is 1. The van der Waals surface area contributed by atoms with Gasteiger partial charge >= 0.3 is 11.9 Å². The van der Waals surface area contributed by atoms with E-state index in [2.05, 4.69) is 11.7 Å². The molecule has 0 saturated heterocycles. The Labute approximate surface area is 139 Å². The van der Waals surface area contributed by atoms with Gasteiger partial charge in [-0.15, -0.1) is 0 Å². The molecule has 0 rings (SSSR count). The van der Waals surface area contributed by atoms with Crippen LogP contribution in [-0.2, 0) is 14.3 Å². The second-order valence-electron chi connectivity index (χ2n) is 5.61. The predicted octanol–water partition coefficient (Wildman–Crippen LogP) is 2.89. The second kappa shape index (κ2) is 18.9. The third-order valence-corrected chi connectivity index (χ3v) is 3.18. The van der Waals surface area contributed by atoms with E-state index in [-0.39, 0.29) is 13.2 Å². The van der Waals surface area contributed by atoms with E-state index < -0.39 is 18.0 Å². The number of aliphatic carboxylic acids is 1. The first-order valence-corrected chi connectivity index (χ1v) is 8.58. The zero-order valence-electron chi connectivity index (χ0n) is 14.6. The van der Waals surface area contributed by atoms with Crippen LogP contribution in [0.2, 0.25) is 0 Å². The average Bonchev–Trinajstić information content (AvgIpc) is 2.51. The molecule has 0 aliphatic carbocycles. The molecule has 6 nitrogen and oxygen atoms in total. The maximum absolute atomic E-state index is 10.2. The summed E-state index contributed by atoms with van der Waals surface area (Å²) in [7, 11) is 0. The Morgan fingerprint density at radius 3 is 1.83 bits per heavy atom. The molecule has 1 unspecified atom stereocenters. The zero-order valence-corrected chi connectivity index (χ0v) is 14.6. The van der Waals surface area contributed by atoms with Crippen LogP contribution in [-0.4, -0.2) is 46.6 Å². The molecular formula is C17H34O6. The van der Waals surface area contributed by atoms with Crippen molar-refractivity contribution in [2.75, 3.05) is 13.2 Å². The van der Waals surface area contributed by atoms with Crippen LogP contribution in [0.15, 0.2) is 0 Å². The fourth-order valence-corrected chi connectivity index (χ4v) is 1.85. The van der Waals surface area contributed by atoms with Gasteiger partial charge < -0.3 is 20.1 Å². The Bertz CT molecular complexity index is 280. The molecule has 0 aromatic heterocycles. The van der Waals surface area contributed by atoms with Crippen molar-refractivity contribution in [2.45, 2.75) is 84.2 Å². The lowest BCUT2D eigenvalue weighted by atomic mass is 10.1. The van der Waals surface area contributed by atoms with E-state index in [0.29, 0.717) is 6.42 Å². The molecule has 0 bridgehead atoms. The number of carboxylic acid groups (broad SMARTS) is 1. The van der Waals surface area contributed by atoms with Gasteiger partial charge in [0, 0.05) is 13.3 Å². The van der Waals surface area contributed by atoms with Crippen molar-refractivity contribution in [1.82, 2.24) is 0 Å². The maximum atomic E-state index is 10.2. The average molecular weight is 334 g/mol. The summed E-state index contributed by atoms with van der Waals surface area (Å²) in [5, 5.41) is 25.2. The summed E-state index contributed by atoms with van der Waals surface area (Å²) in [4.78, 5) is 20.3. The minimum atomic E-state index is -0.950. The Morgan fingerprint density at radius 1 is 0.957 bits per heavy atom. The van der Waals surface area contributed by atoms with Gasteiger partial charge in [-0.3, -0.25) is 9.59 Å². The van der Waals surface area contributed by atoms with Crippen molar-refractivity contribution in [3.8, 4) is 0 Å². The van der Waals surface area contributed by atoms with Crippen LogP contribution in [0, 0.1) is 0 Å². The Kier molecular flexibility index (Phi) is 19.8. The SMILES string of the molecule is CC(=O)OCC(O)CO.CCCCCCCCCCCC(=O)O. The van der Waals surface area contributed by atoms with Crippen LogP contribution in [0.3, 0.4) is 0 Å². The molecular weight excluding hydrogens is 300 g/mol. The highest BCUT2D eigenvalue weighted by molar-refractivity contribution is 5.66. The lowest BCUT2D eigenvalue weighted by molar-refractivity contribution is -0.144. The van der Waals surface area contributed by atoms with E-state index in [9.17, 15) is 9.59 Å². The van der Waals surface area contributed by atoms with Crippen LogP contribution in [0.4, 0.5) is 0 Å². The summed E-state index contributed by atoms with van der Waals surface area (Å²) in [6.07, 6.45) is 10.5. The number of rotatable bonds is 13. The molecule has 3 N–H and O–H groups in total. The standard InChI is InChI=1S/C12H24O2.C5H10O4/c1-2-3-4-5-6-7-8-9-10-11-12(13)14;1-4(7)9-3-5(8)2-6/h2-11H2,1H3,(H,13,14);5-6,8H,2-3H2,1H3. The Morgan fingerprint density at radius 2 is 1.43 bits per heavy atom. The molecule has 1 atom stereocenters. The molecule has 0 saturated carbocycles. The lowest BCUT2D eigenvalue weighted by Gasteiger charge is -2.05. The molecule has 0 fully saturated rings. The van der Waals surface area contributed by atoms with E-state index in [1.54, 1.807) is 0 Å². The first kappa shape index (κ1) is 24.1. The van der Waals surface area contributed by atoms with Gasteiger partial charge in [0.15, 0.2) is 0 Å². The largest absolute Gasteiger partial charge is 0.481 e. The summed E-state index contributed by atoms with van der Waals surface area (Å²) in [5.74, 6) is -1.12. The van der Waals surface area contributed by atoms with Gasteiger partial charge in [0.25, 0.3) is 0 Å². The minimum absolute atomic E-state index is 0.133. The quantitative estimate of drug-likeness (QED) is 0.353. The normalized spacial score (nSPS) is 11.3. The van der Waals surface area contributed by atoms with Gasteiger partial charge in [0.2, 0.25) is 0 Å². The Balaban J connectivity index is 0. The summed E-state index contributed by atoms with van der Waals surface area (Å²) >= 11 is 0. The number of carbonyl (C=O) groups excluding carboxylic acids is 1. The molecule has 0 heterocycles. The molecule has 0 amide bonds. The van der Waals surface area contributed by atoms with Gasteiger partial charge in [0.1, 0.15) is 12.7 Å². The molecule has 0 aliphatic rings. The van der Waals surface area contributed by atoms with Crippen LogP contribution in [0.25, 0.3) is 0 Å². The molecule has 0 radical (unpaired) electrons. The summed E-state index contributed by atoms with van der Waals surface area (Å²) in [6, 6.07) is 0. The fourth-order valence-electron chi connectivity index (χ4n) is 1.85. The molecule has 23 heavy (non-hydrogen) atoms. The third kappa shape index (κ3) is 26.1. The van der Waals surface area contributed by atoms with Crippen LogP contribution >= 0.6 is 0 Å². The lowest BCUT2D eigenvalue weighted by Crippen LogP contribution is -2.20. The van der Waals surface area contributed by atoms with E-state index >= 15 is 0 Å². The molecule has 0 aromatic rings. The summed E-state index contributed by atoms with van der Waals surface area (Å²) in [5.41, 5.74) is 0. The van der Waals surface area contributed by atoms with Gasteiger partial charge in [-0.2, -0.15) is 0 Å². The number of hydrogen-bond donors (Lipinski definition) is 3. The van der Waals surface area contributed by atoms with Crippen molar-refractivity contribution in [3.63, 3.8) is 0 Å². The highest BCUT2D eigenvalue weighted by atomic mass is 16.5. The molecule has 0 aliphatic heterocycles. The zero-order chi connectivity index (χ0) is 17.9. The predicted molar refractivity (Wildman–Crippen MR) is 89.2 cm³/mol. The van der Waals surface area contributed by atoms with Crippen LogP contribution in [0.1, 0.15) is 78.1 Å². The topological polar surface area (TPSA) is 104 Å². The highest BCUT2D eigenvalue weighted by Crippen LogP contribution is 2.10. The van der Waals surface area contributed by atoms with E-state index in [1.807, 2.05) is 0 Å². The number of unbranched alkanes of at least 4 members (excludes halogenated alkanes) is 8. The van der Waals surface area contributed by atoms with Crippen LogP contribution in [0.5, 0.6) is 0 Å².